The third-order valence-electron chi connectivity index (χ3n) is 2.66. The molecular formula is C11H12N2O3. The first kappa shape index (κ1) is 10.6. The van der Waals surface area contributed by atoms with Crippen LogP contribution in [0.3, 0.4) is 0 Å². The maximum absolute atomic E-state index is 11.5. The Morgan fingerprint density at radius 3 is 3.00 bits per heavy atom. The number of likely N-dealkylation sites (tertiary alicyclic amines) is 1. The molecule has 1 atom stereocenters. The number of pyridine rings is 1. The fourth-order valence-corrected chi connectivity index (χ4v) is 1.80. The minimum atomic E-state index is -0.901. The highest BCUT2D eigenvalue weighted by Crippen LogP contribution is 2.19. The molecule has 0 radical (unpaired) electrons. The molecular weight excluding hydrogens is 208 g/mol. The van der Waals surface area contributed by atoms with Crippen molar-refractivity contribution in [1.82, 2.24) is 9.88 Å². The number of hydrogen-bond acceptors (Lipinski definition) is 3. The Morgan fingerprint density at radius 2 is 2.44 bits per heavy atom. The van der Waals surface area contributed by atoms with Crippen LogP contribution in [0.1, 0.15) is 12.0 Å². The fraction of sp³-hybridized carbons (Fsp3) is 0.364. The molecule has 2 heterocycles. The highest BCUT2D eigenvalue weighted by atomic mass is 16.4. The summed E-state index contributed by atoms with van der Waals surface area (Å²) in [5.74, 6) is -1.57. The van der Waals surface area contributed by atoms with Gasteiger partial charge in [-0.3, -0.25) is 14.6 Å². The van der Waals surface area contributed by atoms with Crippen molar-refractivity contribution in [3.8, 4) is 0 Å². The Morgan fingerprint density at radius 1 is 1.62 bits per heavy atom. The van der Waals surface area contributed by atoms with E-state index in [9.17, 15) is 9.59 Å². The van der Waals surface area contributed by atoms with Crippen LogP contribution in [-0.4, -0.2) is 33.4 Å². The smallest absolute Gasteiger partial charge is 0.308 e. The van der Waals surface area contributed by atoms with Crippen LogP contribution in [0.4, 0.5) is 0 Å². The standard InChI is InChI=1S/C11H12N2O3/c14-10-4-9(11(15)16)7-13(10)6-8-2-1-3-12-5-8/h1-3,5,9H,4,6-7H2,(H,15,16)/t9-/m1/s1. The highest BCUT2D eigenvalue weighted by molar-refractivity contribution is 5.86. The zero-order chi connectivity index (χ0) is 11.5. The molecule has 1 aromatic rings. The Balaban J connectivity index is 2.02. The van der Waals surface area contributed by atoms with Gasteiger partial charge in [0.05, 0.1) is 5.92 Å². The molecule has 0 aliphatic carbocycles. The molecule has 1 amide bonds. The van der Waals surface area contributed by atoms with E-state index >= 15 is 0 Å². The number of aromatic nitrogens is 1. The number of hydrogen-bond donors (Lipinski definition) is 1. The molecule has 0 bridgehead atoms. The van der Waals surface area contributed by atoms with Crippen molar-refractivity contribution in [1.29, 1.82) is 0 Å². The van der Waals surface area contributed by atoms with Crippen LogP contribution < -0.4 is 0 Å². The molecule has 1 fully saturated rings. The molecule has 0 saturated carbocycles. The lowest BCUT2D eigenvalue weighted by atomic mass is 10.1. The summed E-state index contributed by atoms with van der Waals surface area (Å²) in [6.07, 6.45) is 3.45. The second-order valence-corrected chi connectivity index (χ2v) is 3.87. The van der Waals surface area contributed by atoms with Gasteiger partial charge in [0.25, 0.3) is 0 Å². The second kappa shape index (κ2) is 4.30. The summed E-state index contributed by atoms with van der Waals surface area (Å²) in [5.41, 5.74) is 0.918. The zero-order valence-electron chi connectivity index (χ0n) is 8.67. The number of aliphatic carboxylic acids is 1. The van der Waals surface area contributed by atoms with E-state index in [1.54, 1.807) is 23.4 Å². The summed E-state index contributed by atoms with van der Waals surface area (Å²) in [4.78, 5) is 27.8. The molecule has 0 spiro atoms. The summed E-state index contributed by atoms with van der Waals surface area (Å²) in [7, 11) is 0. The molecule has 16 heavy (non-hydrogen) atoms. The first-order valence-corrected chi connectivity index (χ1v) is 5.06. The highest BCUT2D eigenvalue weighted by Gasteiger charge is 2.33. The molecule has 1 aliphatic rings. The summed E-state index contributed by atoms with van der Waals surface area (Å²) in [6.45, 7) is 0.736. The maximum atomic E-state index is 11.5. The van der Waals surface area contributed by atoms with E-state index in [-0.39, 0.29) is 12.3 Å². The fourth-order valence-electron chi connectivity index (χ4n) is 1.80. The van der Waals surface area contributed by atoms with Gasteiger partial charge in [-0.2, -0.15) is 0 Å². The maximum Gasteiger partial charge on any atom is 0.308 e. The van der Waals surface area contributed by atoms with Gasteiger partial charge in [-0.05, 0) is 11.6 Å². The Labute approximate surface area is 92.7 Å². The summed E-state index contributed by atoms with van der Waals surface area (Å²) in [5, 5.41) is 8.82. The summed E-state index contributed by atoms with van der Waals surface area (Å²) in [6, 6.07) is 3.67. The topological polar surface area (TPSA) is 70.5 Å². The Hall–Kier alpha value is -1.91. The van der Waals surface area contributed by atoms with E-state index in [0.29, 0.717) is 13.1 Å². The quantitative estimate of drug-likeness (QED) is 0.805. The van der Waals surface area contributed by atoms with E-state index in [4.69, 9.17) is 5.11 Å². The van der Waals surface area contributed by atoms with E-state index in [1.165, 1.54) is 0 Å². The van der Waals surface area contributed by atoms with Crippen LogP contribution in [0.15, 0.2) is 24.5 Å². The Bertz CT molecular complexity index is 405. The number of carboxylic acids is 1. The molecule has 0 unspecified atom stereocenters. The van der Waals surface area contributed by atoms with E-state index in [0.717, 1.165) is 5.56 Å². The molecule has 84 valence electrons. The van der Waals surface area contributed by atoms with Crippen molar-refractivity contribution in [3.05, 3.63) is 30.1 Å². The van der Waals surface area contributed by atoms with Gasteiger partial charge in [0.15, 0.2) is 0 Å². The van der Waals surface area contributed by atoms with Gasteiger partial charge in [-0.1, -0.05) is 6.07 Å². The van der Waals surface area contributed by atoms with E-state index in [2.05, 4.69) is 4.98 Å². The second-order valence-electron chi connectivity index (χ2n) is 3.87. The Kier molecular flexibility index (Phi) is 2.85. The van der Waals surface area contributed by atoms with Crippen LogP contribution in [-0.2, 0) is 16.1 Å². The van der Waals surface area contributed by atoms with Gasteiger partial charge in [0.1, 0.15) is 0 Å². The third-order valence-corrected chi connectivity index (χ3v) is 2.66. The normalized spacial score (nSPS) is 20.1. The van der Waals surface area contributed by atoms with Gasteiger partial charge in [-0.15, -0.1) is 0 Å². The van der Waals surface area contributed by atoms with Crippen molar-refractivity contribution in [2.45, 2.75) is 13.0 Å². The van der Waals surface area contributed by atoms with Crippen molar-refractivity contribution in [3.63, 3.8) is 0 Å². The summed E-state index contributed by atoms with van der Waals surface area (Å²) < 4.78 is 0. The molecule has 1 aromatic heterocycles. The minimum absolute atomic E-state index is 0.101. The first-order chi connectivity index (χ1) is 7.66. The van der Waals surface area contributed by atoms with Gasteiger partial charge in [0.2, 0.25) is 5.91 Å². The number of carbonyl (C=O) groups excluding carboxylic acids is 1. The molecule has 1 aliphatic heterocycles. The lowest BCUT2D eigenvalue weighted by Crippen LogP contribution is -2.25. The number of amides is 1. The van der Waals surface area contributed by atoms with Crippen molar-refractivity contribution >= 4 is 11.9 Å². The SMILES string of the molecule is O=C(O)[C@@H]1CC(=O)N(Cc2cccnc2)C1. The lowest BCUT2D eigenvalue weighted by molar-refractivity contribution is -0.141. The van der Waals surface area contributed by atoms with Gasteiger partial charge < -0.3 is 10.0 Å². The number of carbonyl (C=O) groups is 2. The van der Waals surface area contributed by atoms with Crippen LogP contribution in [0.2, 0.25) is 0 Å². The van der Waals surface area contributed by atoms with Crippen LogP contribution in [0.25, 0.3) is 0 Å². The van der Waals surface area contributed by atoms with Crippen molar-refractivity contribution in [2.24, 2.45) is 5.92 Å². The van der Waals surface area contributed by atoms with Gasteiger partial charge in [-0.25, -0.2) is 0 Å². The molecule has 1 N–H and O–H groups in total. The molecule has 5 nitrogen and oxygen atoms in total. The van der Waals surface area contributed by atoms with Gasteiger partial charge >= 0.3 is 5.97 Å². The van der Waals surface area contributed by atoms with Crippen LogP contribution in [0.5, 0.6) is 0 Å². The zero-order valence-corrected chi connectivity index (χ0v) is 8.67. The van der Waals surface area contributed by atoms with Gasteiger partial charge in [0, 0.05) is 31.9 Å². The van der Waals surface area contributed by atoms with Crippen LogP contribution >= 0.6 is 0 Å². The molecule has 1 saturated heterocycles. The third kappa shape index (κ3) is 2.18. The van der Waals surface area contributed by atoms with Crippen molar-refractivity contribution in [2.75, 3.05) is 6.54 Å². The molecule has 5 heteroatoms. The minimum Gasteiger partial charge on any atom is -0.481 e. The summed E-state index contributed by atoms with van der Waals surface area (Å²) >= 11 is 0. The van der Waals surface area contributed by atoms with Crippen LogP contribution in [0, 0.1) is 5.92 Å². The molecule has 2 rings (SSSR count). The lowest BCUT2D eigenvalue weighted by Gasteiger charge is -2.15. The van der Waals surface area contributed by atoms with E-state index in [1.807, 2.05) is 6.07 Å². The average molecular weight is 220 g/mol. The largest absolute Gasteiger partial charge is 0.481 e. The average Bonchev–Trinajstić information content (AvgIpc) is 2.62. The monoisotopic (exact) mass is 220 g/mol. The molecule has 0 aromatic carbocycles. The predicted molar refractivity (Wildman–Crippen MR) is 55.4 cm³/mol. The first-order valence-electron chi connectivity index (χ1n) is 5.06. The number of carboxylic acid groups (broad SMARTS) is 1. The predicted octanol–water partition coefficient (Wildman–Crippen LogP) is 0.515. The van der Waals surface area contributed by atoms with Crippen molar-refractivity contribution < 1.29 is 14.7 Å². The van der Waals surface area contributed by atoms with E-state index < -0.39 is 11.9 Å². The number of rotatable bonds is 3. The number of nitrogens with zero attached hydrogens (tertiary/aromatic N) is 2.